The van der Waals surface area contributed by atoms with Crippen LogP contribution in [0.3, 0.4) is 0 Å². The third-order valence-electron chi connectivity index (χ3n) is 18.1. The van der Waals surface area contributed by atoms with Gasteiger partial charge >= 0.3 is 19.8 Å². The normalized spacial score (nSPS) is 13.2. The molecule has 0 spiro atoms. The number of unbranched alkanes of at least 4 members (excludes halogenated alkanes) is 55. The monoisotopic (exact) mass is 1290 g/mol. The van der Waals surface area contributed by atoms with Crippen molar-refractivity contribution in [1.82, 2.24) is 0 Å². The van der Waals surface area contributed by atoms with Crippen molar-refractivity contribution in [2.75, 3.05) is 47.5 Å². The van der Waals surface area contributed by atoms with Crippen LogP contribution < -0.4 is 0 Å². The predicted octanol–water partition coefficient (Wildman–Crippen LogP) is 26.2. The lowest BCUT2D eigenvalue weighted by molar-refractivity contribution is -0.870. The number of likely N-dealkylation sites (N-methyl/N-ethyl adjacent to an activating group) is 1. The number of esters is 2. The lowest BCUT2D eigenvalue weighted by atomic mass is 10.0. The Labute approximate surface area is 561 Å². The van der Waals surface area contributed by atoms with Crippen LogP contribution in [0, 0.1) is 0 Å². The summed E-state index contributed by atoms with van der Waals surface area (Å²) in [5.74, 6) is -0.772. The first kappa shape index (κ1) is 88.2. The van der Waals surface area contributed by atoms with Crippen LogP contribution in [-0.4, -0.2) is 74.9 Å². The Morgan fingerprint density at radius 1 is 0.344 bits per heavy atom. The van der Waals surface area contributed by atoms with Gasteiger partial charge in [-0.2, -0.15) is 0 Å². The van der Waals surface area contributed by atoms with E-state index in [0.717, 1.165) is 38.5 Å². The van der Waals surface area contributed by atoms with Crippen LogP contribution in [0.15, 0.2) is 36.5 Å². The van der Waals surface area contributed by atoms with Crippen molar-refractivity contribution in [1.29, 1.82) is 0 Å². The van der Waals surface area contributed by atoms with Gasteiger partial charge in [0.25, 0.3) is 0 Å². The molecule has 10 heteroatoms. The summed E-state index contributed by atoms with van der Waals surface area (Å²) >= 11 is 0. The van der Waals surface area contributed by atoms with E-state index in [0.29, 0.717) is 23.9 Å². The van der Waals surface area contributed by atoms with Crippen LogP contribution in [-0.2, 0) is 32.7 Å². The van der Waals surface area contributed by atoms with Gasteiger partial charge in [-0.25, -0.2) is 4.57 Å². The van der Waals surface area contributed by atoms with Gasteiger partial charge in [0, 0.05) is 12.8 Å². The molecule has 0 fully saturated rings. The Kier molecular flexibility index (Phi) is 70.1. The van der Waals surface area contributed by atoms with E-state index in [-0.39, 0.29) is 25.6 Å². The van der Waals surface area contributed by atoms with Gasteiger partial charge in [-0.3, -0.25) is 18.6 Å². The second-order valence-corrected chi connectivity index (χ2v) is 29.9. The maximum Gasteiger partial charge on any atom is 0.472 e. The Morgan fingerprint density at radius 3 is 0.889 bits per heavy atom. The third kappa shape index (κ3) is 75.3. The summed E-state index contributed by atoms with van der Waals surface area (Å²) in [6.07, 6.45) is 92.9. The van der Waals surface area contributed by atoms with Gasteiger partial charge in [-0.15, -0.1) is 0 Å². The van der Waals surface area contributed by atoms with Gasteiger partial charge in [-0.1, -0.05) is 365 Å². The second-order valence-electron chi connectivity index (χ2n) is 28.4. The summed E-state index contributed by atoms with van der Waals surface area (Å²) in [5.41, 5.74) is 0. The molecule has 0 saturated carbocycles. The van der Waals surface area contributed by atoms with E-state index >= 15 is 0 Å². The molecule has 9 nitrogen and oxygen atoms in total. The first-order valence-electron chi connectivity index (χ1n) is 39.7. The predicted molar refractivity (Wildman–Crippen MR) is 390 cm³/mol. The van der Waals surface area contributed by atoms with Crippen molar-refractivity contribution >= 4 is 19.8 Å². The fraction of sp³-hybridized carbons (Fsp3) is 0.900. The van der Waals surface area contributed by atoms with E-state index in [1.54, 1.807) is 0 Å². The zero-order valence-electron chi connectivity index (χ0n) is 60.9. The highest BCUT2D eigenvalue weighted by Gasteiger charge is 2.27. The number of nitrogens with zero attached hydrogens (tertiary/aromatic N) is 1. The van der Waals surface area contributed by atoms with Gasteiger partial charge in [-0.05, 0) is 70.6 Å². The van der Waals surface area contributed by atoms with Crippen molar-refractivity contribution in [2.45, 2.75) is 418 Å². The molecule has 0 saturated heterocycles. The molecule has 0 aromatic carbocycles. The van der Waals surface area contributed by atoms with E-state index in [2.05, 4.69) is 50.3 Å². The van der Waals surface area contributed by atoms with E-state index in [9.17, 15) is 19.0 Å². The molecular formula is C80H155NO8P+. The Balaban J connectivity index is 3.91. The molecule has 0 aliphatic rings. The third-order valence-corrected chi connectivity index (χ3v) is 19.1. The fourth-order valence-electron chi connectivity index (χ4n) is 12.0. The highest BCUT2D eigenvalue weighted by atomic mass is 31.2. The van der Waals surface area contributed by atoms with Crippen LogP contribution in [0.2, 0.25) is 0 Å². The van der Waals surface area contributed by atoms with Gasteiger partial charge < -0.3 is 18.9 Å². The number of allylic oxidation sites excluding steroid dienone is 6. The Bertz CT molecular complexity index is 1610. The summed E-state index contributed by atoms with van der Waals surface area (Å²) in [6.45, 7) is 4.50. The van der Waals surface area contributed by atoms with Crippen LogP contribution in [0.4, 0.5) is 0 Å². The van der Waals surface area contributed by atoms with Crippen molar-refractivity contribution in [3.05, 3.63) is 36.5 Å². The van der Waals surface area contributed by atoms with Crippen molar-refractivity contribution in [2.24, 2.45) is 0 Å². The number of carbonyl (C=O) groups excluding carboxylic acids is 2. The largest absolute Gasteiger partial charge is 0.472 e. The smallest absolute Gasteiger partial charge is 0.462 e. The van der Waals surface area contributed by atoms with Crippen LogP contribution in [0.5, 0.6) is 0 Å². The molecule has 90 heavy (non-hydrogen) atoms. The fourth-order valence-corrected chi connectivity index (χ4v) is 12.8. The topological polar surface area (TPSA) is 108 Å². The van der Waals surface area contributed by atoms with Crippen molar-refractivity contribution < 1.29 is 42.1 Å². The van der Waals surface area contributed by atoms with Crippen molar-refractivity contribution in [3.63, 3.8) is 0 Å². The molecule has 2 unspecified atom stereocenters. The van der Waals surface area contributed by atoms with Crippen molar-refractivity contribution in [3.8, 4) is 0 Å². The number of hydrogen-bond donors (Lipinski definition) is 1. The molecule has 0 radical (unpaired) electrons. The van der Waals surface area contributed by atoms with E-state index in [4.69, 9.17) is 18.5 Å². The summed E-state index contributed by atoms with van der Waals surface area (Å²) < 4.78 is 34.8. The maximum absolute atomic E-state index is 12.9. The van der Waals surface area contributed by atoms with Gasteiger partial charge in [0.05, 0.1) is 27.7 Å². The standard InChI is InChI=1S/C80H154NO8P/c1-6-8-10-12-14-16-18-20-22-24-26-28-30-32-34-36-38-39-40-41-43-44-46-48-50-52-54-56-58-60-62-64-66-68-70-72-79(82)86-76-78(77-88-90(84,85)87-75-74-81(3,4)5)89-80(83)73-71-69-67-65-63-61-59-57-55-53-51-49-47-45-42-37-35-33-31-29-27-25-23-21-19-17-15-13-11-9-7-2/h19,21,24-27,78H,6-18,20,22-23,28-77H2,1-5H3/p+1/b21-19-,26-24-,27-25-. The van der Waals surface area contributed by atoms with Gasteiger partial charge in [0.15, 0.2) is 6.10 Å². The zero-order chi connectivity index (χ0) is 65.5. The molecule has 0 aromatic heterocycles. The highest BCUT2D eigenvalue weighted by Crippen LogP contribution is 2.43. The molecule has 0 aliphatic carbocycles. The number of phosphoric ester groups is 1. The van der Waals surface area contributed by atoms with E-state index in [1.807, 2.05) is 21.1 Å². The second kappa shape index (κ2) is 71.5. The lowest BCUT2D eigenvalue weighted by Crippen LogP contribution is -2.37. The highest BCUT2D eigenvalue weighted by molar-refractivity contribution is 7.47. The summed E-state index contributed by atoms with van der Waals surface area (Å²) in [7, 11) is 1.50. The number of hydrogen-bond acceptors (Lipinski definition) is 7. The number of phosphoric acid groups is 1. The molecule has 0 bridgehead atoms. The van der Waals surface area contributed by atoms with Gasteiger partial charge in [0.2, 0.25) is 0 Å². The number of quaternary nitrogens is 1. The van der Waals surface area contributed by atoms with E-state index in [1.165, 1.54) is 340 Å². The molecule has 0 amide bonds. The van der Waals surface area contributed by atoms with Crippen LogP contribution >= 0.6 is 7.82 Å². The minimum absolute atomic E-state index is 0.0351. The first-order valence-corrected chi connectivity index (χ1v) is 41.2. The Hall–Kier alpha value is -1.77. The average molecular weight is 1290 g/mol. The quantitative estimate of drug-likeness (QED) is 0.0211. The summed E-state index contributed by atoms with van der Waals surface area (Å²) in [5, 5.41) is 0. The molecular weight excluding hydrogens is 1130 g/mol. The zero-order valence-corrected chi connectivity index (χ0v) is 61.8. The molecule has 0 heterocycles. The average Bonchev–Trinajstić information content (AvgIpc) is 3.58. The minimum Gasteiger partial charge on any atom is -0.462 e. The minimum atomic E-state index is -4.39. The molecule has 1 N–H and O–H groups in total. The molecule has 0 aromatic rings. The van der Waals surface area contributed by atoms with Crippen LogP contribution in [0.25, 0.3) is 0 Å². The number of carbonyl (C=O) groups is 2. The lowest BCUT2D eigenvalue weighted by Gasteiger charge is -2.24. The molecule has 0 aliphatic heterocycles. The Morgan fingerprint density at radius 2 is 0.600 bits per heavy atom. The molecule has 0 rings (SSSR count). The number of rotatable bonds is 75. The maximum atomic E-state index is 12.9. The van der Waals surface area contributed by atoms with Gasteiger partial charge in [0.1, 0.15) is 19.8 Å². The first-order chi connectivity index (χ1) is 44.0. The summed E-state index contributed by atoms with van der Waals surface area (Å²) in [4.78, 5) is 36.0. The number of ether oxygens (including phenoxy) is 2. The van der Waals surface area contributed by atoms with E-state index < -0.39 is 26.5 Å². The SMILES string of the molecule is CCCCCCC/C=C\C/C=C\CCCCCCCCCCCCCCCCCCCCCC(=O)OC(COC(=O)CCCCCCCCCCCCCCCCCCCCCCCCC/C=C\CCCCCCCCCC)COP(=O)(O)OCC[N+](C)(C)C. The molecule has 532 valence electrons. The van der Waals surface area contributed by atoms with Crippen LogP contribution in [0.1, 0.15) is 412 Å². The summed E-state index contributed by atoms with van der Waals surface area (Å²) in [6, 6.07) is 0. The molecule has 2 atom stereocenters.